The van der Waals surface area contributed by atoms with Gasteiger partial charge in [0.25, 0.3) is 0 Å². The minimum absolute atomic E-state index is 0.194. The Hall–Kier alpha value is -2.79. The number of ether oxygens (including phenoxy) is 3. The van der Waals surface area contributed by atoms with E-state index in [1.807, 2.05) is 30.3 Å². The molecule has 5 heteroatoms. The van der Waals surface area contributed by atoms with E-state index in [2.05, 4.69) is 56.7 Å². The summed E-state index contributed by atoms with van der Waals surface area (Å²) in [5, 5.41) is 0. The van der Waals surface area contributed by atoms with Crippen LogP contribution in [0.1, 0.15) is 52.1 Å². The molecule has 1 saturated heterocycles. The first-order valence-electron chi connectivity index (χ1n) is 10.8. The van der Waals surface area contributed by atoms with Gasteiger partial charge in [0.1, 0.15) is 17.3 Å². The average molecular weight is 421 g/mol. The lowest BCUT2D eigenvalue weighted by molar-refractivity contribution is -0.162. The summed E-state index contributed by atoms with van der Waals surface area (Å²) in [5.41, 5.74) is 2.70. The van der Waals surface area contributed by atoms with Crippen molar-refractivity contribution < 1.29 is 14.2 Å². The second-order valence-electron chi connectivity index (χ2n) is 9.48. The van der Waals surface area contributed by atoms with Crippen molar-refractivity contribution in [3.05, 3.63) is 60.4 Å². The molecule has 4 rings (SSSR count). The molecule has 0 bridgehead atoms. The van der Waals surface area contributed by atoms with Crippen molar-refractivity contribution in [1.82, 2.24) is 9.55 Å². The van der Waals surface area contributed by atoms with Gasteiger partial charge in [0, 0.05) is 17.8 Å². The van der Waals surface area contributed by atoms with Crippen molar-refractivity contribution in [2.24, 2.45) is 0 Å². The van der Waals surface area contributed by atoms with Gasteiger partial charge in [-0.2, -0.15) is 0 Å². The fourth-order valence-electron chi connectivity index (χ4n) is 4.85. The number of aromatic nitrogens is 2. The average Bonchev–Trinajstić information content (AvgIpc) is 3.17. The van der Waals surface area contributed by atoms with E-state index >= 15 is 0 Å². The molecular formula is C26H32N2O3. The minimum atomic E-state index is -0.194. The van der Waals surface area contributed by atoms with Crippen molar-refractivity contribution in [2.75, 3.05) is 14.2 Å². The third-order valence-electron chi connectivity index (χ3n) is 5.87. The van der Waals surface area contributed by atoms with Crippen molar-refractivity contribution in [2.45, 2.75) is 57.7 Å². The van der Waals surface area contributed by atoms with E-state index in [-0.39, 0.29) is 11.2 Å². The summed E-state index contributed by atoms with van der Waals surface area (Å²) in [7, 11) is 3.38. The molecule has 0 unspecified atom stereocenters. The van der Waals surface area contributed by atoms with Crippen LogP contribution in [0.15, 0.2) is 54.7 Å². The second kappa shape index (κ2) is 8.04. The first kappa shape index (κ1) is 21.4. The molecule has 0 amide bonds. The number of benzene rings is 2. The monoisotopic (exact) mass is 420 g/mol. The van der Waals surface area contributed by atoms with Gasteiger partial charge in [-0.3, -0.25) is 4.57 Å². The second-order valence-corrected chi connectivity index (χ2v) is 9.48. The van der Waals surface area contributed by atoms with E-state index in [1.54, 1.807) is 14.2 Å². The van der Waals surface area contributed by atoms with Crippen LogP contribution in [0, 0.1) is 0 Å². The van der Waals surface area contributed by atoms with Gasteiger partial charge in [-0.15, -0.1) is 0 Å². The molecule has 0 saturated carbocycles. The van der Waals surface area contributed by atoms with Crippen molar-refractivity contribution >= 4 is 0 Å². The molecule has 1 aliphatic heterocycles. The van der Waals surface area contributed by atoms with Gasteiger partial charge in [-0.25, -0.2) is 4.98 Å². The molecule has 1 fully saturated rings. The highest BCUT2D eigenvalue weighted by atomic mass is 16.5. The Morgan fingerprint density at radius 2 is 1.55 bits per heavy atom. The summed E-state index contributed by atoms with van der Waals surface area (Å²) in [5.74, 6) is 2.82. The lowest BCUT2D eigenvalue weighted by Crippen LogP contribution is -2.44. The number of imidazole rings is 1. The molecule has 5 nitrogen and oxygen atoms in total. The lowest BCUT2D eigenvalue weighted by atomic mass is 9.79. The molecule has 2 heterocycles. The highest BCUT2D eigenvalue weighted by Gasteiger charge is 2.41. The van der Waals surface area contributed by atoms with E-state index in [4.69, 9.17) is 19.2 Å². The van der Waals surface area contributed by atoms with Gasteiger partial charge in [-0.1, -0.05) is 12.1 Å². The maximum Gasteiger partial charge on any atom is 0.148 e. The molecule has 0 spiro atoms. The van der Waals surface area contributed by atoms with Crippen molar-refractivity contribution in [1.29, 1.82) is 0 Å². The van der Waals surface area contributed by atoms with E-state index < -0.39 is 0 Å². The minimum Gasteiger partial charge on any atom is -0.497 e. The summed E-state index contributed by atoms with van der Waals surface area (Å²) in [6.45, 7) is 8.68. The number of rotatable bonds is 5. The Bertz CT molecular complexity index is 1030. The molecule has 1 aliphatic rings. The van der Waals surface area contributed by atoms with E-state index in [1.165, 1.54) is 0 Å². The van der Waals surface area contributed by atoms with Crippen LogP contribution >= 0.6 is 0 Å². The first-order chi connectivity index (χ1) is 14.7. The summed E-state index contributed by atoms with van der Waals surface area (Å²) in [4.78, 5) is 5.16. The zero-order valence-electron chi connectivity index (χ0n) is 19.3. The highest BCUT2D eigenvalue weighted by molar-refractivity contribution is 5.67. The smallest absolute Gasteiger partial charge is 0.148 e. The maximum atomic E-state index is 6.31. The Kier molecular flexibility index (Phi) is 5.56. The van der Waals surface area contributed by atoms with Crippen LogP contribution in [0.3, 0.4) is 0 Å². The van der Waals surface area contributed by atoms with Crippen LogP contribution in [-0.4, -0.2) is 35.0 Å². The van der Waals surface area contributed by atoms with Gasteiger partial charge in [-0.05, 0) is 76.9 Å². The zero-order valence-corrected chi connectivity index (χ0v) is 19.3. The summed E-state index contributed by atoms with van der Waals surface area (Å²) < 4.78 is 19.5. The van der Waals surface area contributed by atoms with Gasteiger partial charge in [0.15, 0.2) is 0 Å². The Morgan fingerprint density at radius 3 is 2.16 bits per heavy atom. The molecule has 0 N–H and O–H groups in total. The van der Waals surface area contributed by atoms with E-state index in [9.17, 15) is 0 Å². The fourth-order valence-corrected chi connectivity index (χ4v) is 4.85. The summed E-state index contributed by atoms with van der Waals surface area (Å²) in [6, 6.07) is 16.1. The predicted octanol–water partition coefficient (Wildman–Crippen LogP) is 6.01. The number of para-hydroxylation sites is 1. The Morgan fingerprint density at radius 1 is 0.903 bits per heavy atom. The normalized spacial score (nSPS) is 18.0. The molecule has 0 atom stereocenters. The van der Waals surface area contributed by atoms with Crippen molar-refractivity contribution in [3.8, 4) is 28.6 Å². The molecular weight excluding hydrogens is 388 g/mol. The fraction of sp³-hybridized carbons (Fsp3) is 0.423. The molecule has 2 aromatic carbocycles. The summed E-state index contributed by atoms with van der Waals surface area (Å²) >= 11 is 0. The number of nitrogens with zero attached hydrogens (tertiary/aromatic N) is 2. The lowest BCUT2D eigenvalue weighted by Gasteiger charge is -2.45. The van der Waals surface area contributed by atoms with Gasteiger partial charge < -0.3 is 14.2 Å². The van der Waals surface area contributed by atoms with Crippen molar-refractivity contribution in [3.63, 3.8) is 0 Å². The third-order valence-corrected chi connectivity index (χ3v) is 5.87. The van der Waals surface area contributed by atoms with Gasteiger partial charge in [0.2, 0.25) is 0 Å². The van der Waals surface area contributed by atoms with E-state index in [0.717, 1.165) is 47.1 Å². The molecule has 164 valence electrons. The Balaban J connectivity index is 1.84. The Labute approximate surface area is 185 Å². The number of methoxy groups -OCH3 is 2. The molecule has 1 aromatic heterocycles. The molecule has 31 heavy (non-hydrogen) atoms. The number of hydrogen-bond donors (Lipinski definition) is 0. The first-order valence-corrected chi connectivity index (χ1v) is 10.8. The van der Waals surface area contributed by atoms with E-state index in [0.29, 0.717) is 5.92 Å². The quantitative estimate of drug-likeness (QED) is 0.507. The van der Waals surface area contributed by atoms with Crippen LogP contribution in [-0.2, 0) is 4.74 Å². The third kappa shape index (κ3) is 4.47. The molecule has 0 aliphatic carbocycles. The van der Waals surface area contributed by atoms with Gasteiger partial charge >= 0.3 is 0 Å². The summed E-state index contributed by atoms with van der Waals surface area (Å²) in [6.07, 6.45) is 4.04. The zero-order chi connectivity index (χ0) is 22.2. The largest absolute Gasteiger partial charge is 0.497 e. The number of hydrogen-bond acceptors (Lipinski definition) is 4. The van der Waals surface area contributed by atoms with Crippen LogP contribution < -0.4 is 9.47 Å². The molecule has 0 radical (unpaired) electrons. The van der Waals surface area contributed by atoms with Gasteiger partial charge in [0.05, 0.1) is 36.7 Å². The SMILES string of the molecule is COc1ccc(-n2cc(C3CC(C)(C)OC(C)(C)C3)nc2-c2ccccc2OC)cc1. The molecule has 3 aromatic rings. The van der Waals surface area contributed by atoms with Crippen LogP contribution in [0.2, 0.25) is 0 Å². The topological polar surface area (TPSA) is 45.5 Å². The highest BCUT2D eigenvalue weighted by Crippen LogP contribution is 2.44. The standard InChI is InChI=1S/C26H32N2O3/c1-25(2)15-18(16-26(3,4)31-25)22-17-28(19-11-13-20(29-5)14-12-19)24(27-22)21-9-7-8-10-23(21)30-6/h7-14,17-18H,15-16H2,1-6H3. The van der Waals surface area contributed by atoms with Crippen LogP contribution in [0.25, 0.3) is 17.1 Å². The predicted molar refractivity (Wildman–Crippen MR) is 123 cm³/mol. The maximum absolute atomic E-state index is 6.31. The van der Waals surface area contributed by atoms with Crippen LogP contribution in [0.5, 0.6) is 11.5 Å². The van der Waals surface area contributed by atoms with Crippen LogP contribution in [0.4, 0.5) is 0 Å².